The third kappa shape index (κ3) is 3.32. The van der Waals surface area contributed by atoms with Crippen molar-refractivity contribution in [2.75, 3.05) is 0 Å². The van der Waals surface area contributed by atoms with Crippen molar-refractivity contribution in [3.05, 3.63) is 41.9 Å². The Labute approximate surface area is 123 Å². The van der Waals surface area contributed by atoms with Gasteiger partial charge in [0.05, 0.1) is 16.8 Å². The van der Waals surface area contributed by atoms with Crippen LogP contribution in [0.2, 0.25) is 0 Å². The summed E-state index contributed by atoms with van der Waals surface area (Å²) >= 11 is 0. The average Bonchev–Trinajstić information content (AvgIpc) is 2.54. The zero-order chi connectivity index (χ0) is 15.9. The van der Waals surface area contributed by atoms with Crippen LogP contribution in [0.5, 0.6) is 0 Å². The largest absolute Gasteiger partial charge is 0.487 e. The molecule has 2 nitrogen and oxygen atoms in total. The van der Waals surface area contributed by atoms with E-state index in [9.17, 15) is 13.2 Å². The van der Waals surface area contributed by atoms with Crippen LogP contribution in [0.15, 0.2) is 36.3 Å². The predicted octanol–water partition coefficient (Wildman–Crippen LogP) is 4.26. The van der Waals surface area contributed by atoms with Gasteiger partial charge < -0.3 is 9.31 Å². The molecule has 0 radical (unpaired) electrons. The molecule has 6 heteroatoms. The van der Waals surface area contributed by atoms with Gasteiger partial charge in [0.15, 0.2) is 0 Å². The van der Waals surface area contributed by atoms with Gasteiger partial charge in [0.1, 0.15) is 0 Å². The highest BCUT2D eigenvalue weighted by molar-refractivity contribution is 6.53. The van der Waals surface area contributed by atoms with E-state index in [1.165, 1.54) is 12.1 Å². The van der Waals surface area contributed by atoms with Gasteiger partial charge in [0.2, 0.25) is 0 Å². The molecule has 114 valence electrons. The Balaban J connectivity index is 2.36. The highest BCUT2D eigenvalue weighted by atomic mass is 19.4. The third-order valence-corrected chi connectivity index (χ3v) is 3.96. The zero-order valence-electron chi connectivity index (χ0n) is 12.5. The molecule has 1 saturated heterocycles. The van der Waals surface area contributed by atoms with Gasteiger partial charge in [-0.3, -0.25) is 0 Å². The fourth-order valence-corrected chi connectivity index (χ4v) is 2.06. The van der Waals surface area contributed by atoms with Crippen LogP contribution >= 0.6 is 0 Å². The lowest BCUT2D eigenvalue weighted by Gasteiger charge is -2.32. The van der Waals surface area contributed by atoms with Gasteiger partial charge >= 0.3 is 13.3 Å². The minimum absolute atomic E-state index is 0.0970. The molecule has 0 aromatic heterocycles. The Hall–Kier alpha value is -1.27. The van der Waals surface area contributed by atoms with E-state index >= 15 is 0 Å². The van der Waals surface area contributed by atoms with Gasteiger partial charge in [-0.15, -0.1) is 0 Å². The smallest absolute Gasteiger partial charge is 0.400 e. The lowest BCUT2D eigenvalue weighted by Crippen LogP contribution is -2.41. The highest BCUT2D eigenvalue weighted by Gasteiger charge is 2.51. The van der Waals surface area contributed by atoms with Crippen LogP contribution in [0, 0.1) is 0 Å². The molecule has 1 fully saturated rings. The van der Waals surface area contributed by atoms with Crippen molar-refractivity contribution in [1.29, 1.82) is 0 Å². The van der Waals surface area contributed by atoms with Gasteiger partial charge in [-0.2, -0.15) is 13.2 Å². The van der Waals surface area contributed by atoms with E-state index in [4.69, 9.17) is 9.31 Å². The first-order chi connectivity index (χ1) is 9.53. The van der Waals surface area contributed by atoms with Crippen molar-refractivity contribution in [2.45, 2.75) is 45.1 Å². The van der Waals surface area contributed by atoms with Crippen molar-refractivity contribution in [3.63, 3.8) is 0 Å². The maximum atomic E-state index is 13.3. The number of rotatable bonds is 2. The van der Waals surface area contributed by atoms with Crippen LogP contribution < -0.4 is 0 Å². The van der Waals surface area contributed by atoms with Gasteiger partial charge in [-0.05, 0) is 39.2 Å². The predicted molar refractivity (Wildman–Crippen MR) is 76.6 cm³/mol. The Morgan fingerprint density at radius 1 is 1.00 bits per heavy atom. The summed E-state index contributed by atoms with van der Waals surface area (Å²) in [6.45, 7) is 7.21. The molecule has 0 bridgehead atoms. The number of halogens is 3. The quantitative estimate of drug-likeness (QED) is 0.759. The van der Waals surface area contributed by atoms with Crippen LogP contribution in [0.3, 0.4) is 0 Å². The van der Waals surface area contributed by atoms with Crippen molar-refractivity contribution in [3.8, 4) is 0 Å². The molecule has 1 aromatic carbocycles. The van der Waals surface area contributed by atoms with Gasteiger partial charge in [-0.1, -0.05) is 30.3 Å². The minimum atomic E-state index is -4.47. The van der Waals surface area contributed by atoms with E-state index in [0.717, 1.165) is 5.98 Å². The van der Waals surface area contributed by atoms with Crippen LogP contribution in [0.25, 0.3) is 5.57 Å². The summed E-state index contributed by atoms with van der Waals surface area (Å²) in [7, 11) is -1.02. The van der Waals surface area contributed by atoms with Gasteiger partial charge in [0, 0.05) is 0 Å². The molecule has 0 N–H and O–H groups in total. The second-order valence-electron chi connectivity index (χ2n) is 6.07. The maximum Gasteiger partial charge on any atom is 0.487 e. The molecular formula is C15H18BF3O2. The van der Waals surface area contributed by atoms with Gasteiger partial charge in [-0.25, -0.2) is 0 Å². The van der Waals surface area contributed by atoms with E-state index < -0.39 is 30.1 Å². The molecule has 1 aliphatic heterocycles. The fourth-order valence-electron chi connectivity index (χ4n) is 2.06. The van der Waals surface area contributed by atoms with E-state index in [-0.39, 0.29) is 5.56 Å². The SMILES string of the molecule is CC1(C)OB(/C=C(/c2ccccc2)C(F)(F)F)OC1(C)C. The first kappa shape index (κ1) is 16.1. The van der Waals surface area contributed by atoms with E-state index in [2.05, 4.69) is 0 Å². The number of alkyl halides is 3. The molecule has 1 aromatic rings. The fraction of sp³-hybridized carbons (Fsp3) is 0.467. The summed E-state index contributed by atoms with van der Waals surface area (Å²) in [4.78, 5) is 0. The van der Waals surface area contributed by atoms with Crippen LogP contribution in [0.4, 0.5) is 13.2 Å². The molecule has 0 unspecified atom stereocenters. The molecule has 21 heavy (non-hydrogen) atoms. The Kier molecular flexibility index (Phi) is 3.97. The molecular weight excluding hydrogens is 280 g/mol. The van der Waals surface area contributed by atoms with Crippen LogP contribution in [-0.4, -0.2) is 24.5 Å². The monoisotopic (exact) mass is 298 g/mol. The molecule has 0 amide bonds. The summed E-state index contributed by atoms with van der Waals surface area (Å²) in [6, 6.07) is 7.65. The molecule has 1 aliphatic rings. The Morgan fingerprint density at radius 3 is 1.90 bits per heavy atom. The molecule has 2 rings (SSSR count). The van der Waals surface area contributed by atoms with Crippen LogP contribution in [0.1, 0.15) is 33.3 Å². The summed E-state index contributed by atoms with van der Waals surface area (Å²) in [5.74, 6) is 1.01. The molecule has 1 heterocycles. The summed E-state index contributed by atoms with van der Waals surface area (Å²) in [5, 5.41) is 0. The maximum absolute atomic E-state index is 13.3. The van der Waals surface area contributed by atoms with Crippen molar-refractivity contribution < 1.29 is 22.5 Å². The number of allylic oxidation sites excluding steroid dienone is 1. The zero-order valence-corrected chi connectivity index (χ0v) is 12.5. The normalized spacial score (nSPS) is 21.7. The molecule has 0 aliphatic carbocycles. The molecule has 0 saturated carbocycles. The van der Waals surface area contributed by atoms with E-state index in [1.54, 1.807) is 45.9 Å². The summed E-state index contributed by atoms with van der Waals surface area (Å²) in [5.41, 5.74) is -1.98. The van der Waals surface area contributed by atoms with Crippen LogP contribution in [-0.2, 0) is 9.31 Å². The second kappa shape index (κ2) is 5.18. The first-order valence-corrected chi connectivity index (χ1v) is 6.73. The topological polar surface area (TPSA) is 18.5 Å². The first-order valence-electron chi connectivity index (χ1n) is 6.73. The lowest BCUT2D eigenvalue weighted by atomic mass is 9.84. The Morgan fingerprint density at radius 2 is 1.48 bits per heavy atom. The summed E-state index contributed by atoms with van der Waals surface area (Å²) < 4.78 is 51.0. The van der Waals surface area contributed by atoms with E-state index in [0.29, 0.717) is 0 Å². The second-order valence-corrected chi connectivity index (χ2v) is 6.07. The van der Waals surface area contributed by atoms with Gasteiger partial charge in [0.25, 0.3) is 0 Å². The lowest BCUT2D eigenvalue weighted by molar-refractivity contribution is -0.0689. The summed E-state index contributed by atoms with van der Waals surface area (Å²) in [6.07, 6.45) is -4.47. The minimum Gasteiger partial charge on any atom is -0.400 e. The van der Waals surface area contributed by atoms with Crippen molar-refractivity contribution in [2.24, 2.45) is 0 Å². The average molecular weight is 298 g/mol. The Bertz CT molecular complexity index is 520. The highest BCUT2D eigenvalue weighted by Crippen LogP contribution is 2.40. The standard InChI is InChI=1S/C15H18BF3O2/c1-13(2)14(3,4)21-16(20-13)10-12(15(17,18)19)11-8-6-5-7-9-11/h5-10H,1-4H3/b12-10-. The molecule has 0 atom stereocenters. The third-order valence-electron chi connectivity index (χ3n) is 3.96. The van der Waals surface area contributed by atoms with E-state index in [1.807, 2.05) is 0 Å². The van der Waals surface area contributed by atoms with Crippen molar-refractivity contribution in [1.82, 2.24) is 0 Å². The number of hydrogen-bond acceptors (Lipinski definition) is 2. The number of benzene rings is 1. The molecule has 0 spiro atoms. The number of hydrogen-bond donors (Lipinski definition) is 0. The van der Waals surface area contributed by atoms with Crippen molar-refractivity contribution >= 4 is 12.7 Å².